The molecule has 1 fully saturated rings. The Bertz CT molecular complexity index is 526. The number of aromatic nitrogens is 4. The Balaban J connectivity index is 2.09. The first-order valence-electron chi connectivity index (χ1n) is 5.42. The molecule has 1 N–H and O–H groups in total. The quantitative estimate of drug-likeness (QED) is 0.787. The van der Waals surface area contributed by atoms with Gasteiger partial charge in [-0.15, -0.1) is 6.58 Å². The van der Waals surface area contributed by atoms with Crippen molar-refractivity contribution in [1.29, 1.82) is 0 Å². The van der Waals surface area contributed by atoms with Gasteiger partial charge in [0.15, 0.2) is 11.5 Å². The fraction of sp³-hybridized carbons (Fsp3) is 0.364. The normalized spacial score (nSPS) is 15.2. The second-order valence-electron chi connectivity index (χ2n) is 4.00. The number of imidazole rings is 1. The van der Waals surface area contributed by atoms with Crippen molar-refractivity contribution in [3.05, 3.63) is 25.3 Å². The Morgan fingerprint density at radius 3 is 3.06 bits per heavy atom. The van der Waals surface area contributed by atoms with E-state index >= 15 is 0 Å². The summed E-state index contributed by atoms with van der Waals surface area (Å²) < 4.78 is 2.01. The number of hydrogen-bond donors (Lipinski definition) is 1. The van der Waals surface area contributed by atoms with Crippen LogP contribution in [0.15, 0.2) is 25.3 Å². The van der Waals surface area contributed by atoms with Crippen molar-refractivity contribution in [2.45, 2.75) is 25.4 Å². The van der Waals surface area contributed by atoms with Crippen LogP contribution in [-0.2, 0) is 6.54 Å². The summed E-state index contributed by atoms with van der Waals surface area (Å²) in [6, 6.07) is 0.574. The highest BCUT2D eigenvalue weighted by Crippen LogP contribution is 2.27. The van der Waals surface area contributed by atoms with Crippen LogP contribution < -0.4 is 5.32 Å². The van der Waals surface area contributed by atoms with Crippen molar-refractivity contribution in [2.24, 2.45) is 0 Å². The minimum atomic E-state index is 0.574. The molecule has 82 valence electrons. The Hall–Kier alpha value is -1.91. The van der Waals surface area contributed by atoms with Gasteiger partial charge in [0.05, 0.1) is 6.33 Å². The Labute approximate surface area is 93.2 Å². The van der Waals surface area contributed by atoms with Gasteiger partial charge in [0.2, 0.25) is 0 Å². The number of anilines is 1. The van der Waals surface area contributed by atoms with Gasteiger partial charge in [-0.1, -0.05) is 6.08 Å². The number of allylic oxidation sites excluding steroid dienone is 1. The van der Waals surface area contributed by atoms with Crippen LogP contribution in [0.1, 0.15) is 12.8 Å². The molecule has 0 radical (unpaired) electrons. The van der Waals surface area contributed by atoms with Gasteiger partial charge in [0.25, 0.3) is 0 Å². The lowest BCUT2D eigenvalue weighted by atomic mass is 10.4. The molecule has 1 aliphatic rings. The highest BCUT2D eigenvalue weighted by Gasteiger charge is 2.23. The molecule has 1 aliphatic carbocycles. The average molecular weight is 215 g/mol. The van der Waals surface area contributed by atoms with Gasteiger partial charge in [-0.25, -0.2) is 15.0 Å². The molecule has 0 unspecified atom stereocenters. The molecule has 0 aliphatic heterocycles. The van der Waals surface area contributed by atoms with Crippen LogP contribution in [0.4, 0.5) is 5.82 Å². The SMILES string of the molecule is C=CCn1cnc2ncnc(NC3CC3)c21. The van der Waals surface area contributed by atoms with Crippen LogP contribution >= 0.6 is 0 Å². The second-order valence-corrected chi connectivity index (χ2v) is 4.00. The van der Waals surface area contributed by atoms with E-state index in [0.29, 0.717) is 6.04 Å². The van der Waals surface area contributed by atoms with Crippen molar-refractivity contribution < 1.29 is 0 Å². The second kappa shape index (κ2) is 3.59. The van der Waals surface area contributed by atoms with Crippen LogP contribution in [0.5, 0.6) is 0 Å². The lowest BCUT2D eigenvalue weighted by Gasteiger charge is -2.06. The van der Waals surface area contributed by atoms with Crippen LogP contribution in [0, 0.1) is 0 Å². The van der Waals surface area contributed by atoms with Crippen molar-refractivity contribution in [3.8, 4) is 0 Å². The zero-order valence-electron chi connectivity index (χ0n) is 8.93. The molecule has 2 heterocycles. The predicted octanol–water partition coefficient (Wildman–Crippen LogP) is 1.59. The first-order chi connectivity index (χ1) is 7.88. The Morgan fingerprint density at radius 2 is 2.31 bits per heavy atom. The summed E-state index contributed by atoms with van der Waals surface area (Å²) in [7, 11) is 0. The summed E-state index contributed by atoms with van der Waals surface area (Å²) in [5, 5.41) is 3.40. The molecular weight excluding hydrogens is 202 g/mol. The van der Waals surface area contributed by atoms with Crippen molar-refractivity contribution >= 4 is 17.0 Å². The summed E-state index contributed by atoms with van der Waals surface area (Å²) in [6.07, 6.45) is 7.62. The molecule has 0 saturated heterocycles. The molecular formula is C11H13N5. The Kier molecular flexibility index (Phi) is 2.09. The monoisotopic (exact) mass is 215 g/mol. The number of hydrogen-bond acceptors (Lipinski definition) is 4. The maximum absolute atomic E-state index is 4.28. The van der Waals surface area contributed by atoms with Gasteiger partial charge in [-0.05, 0) is 12.8 Å². The maximum Gasteiger partial charge on any atom is 0.182 e. The van der Waals surface area contributed by atoms with E-state index in [9.17, 15) is 0 Å². The first kappa shape index (κ1) is 9.33. The van der Waals surface area contributed by atoms with E-state index in [1.807, 2.05) is 10.6 Å². The van der Waals surface area contributed by atoms with Crippen molar-refractivity contribution in [3.63, 3.8) is 0 Å². The minimum Gasteiger partial charge on any atom is -0.365 e. The molecule has 2 aromatic heterocycles. The topological polar surface area (TPSA) is 55.6 Å². The van der Waals surface area contributed by atoms with Crippen molar-refractivity contribution in [2.75, 3.05) is 5.32 Å². The first-order valence-corrected chi connectivity index (χ1v) is 5.42. The smallest absolute Gasteiger partial charge is 0.182 e. The lowest BCUT2D eigenvalue weighted by Crippen LogP contribution is -2.06. The van der Waals surface area contributed by atoms with E-state index in [1.54, 1.807) is 12.7 Å². The Morgan fingerprint density at radius 1 is 1.44 bits per heavy atom. The summed E-state index contributed by atoms with van der Waals surface area (Å²) in [5.74, 6) is 0.881. The molecule has 0 bridgehead atoms. The van der Waals surface area contributed by atoms with E-state index in [2.05, 4.69) is 26.8 Å². The summed E-state index contributed by atoms with van der Waals surface area (Å²) >= 11 is 0. The molecule has 0 aromatic carbocycles. The van der Waals surface area contributed by atoms with Gasteiger partial charge >= 0.3 is 0 Å². The molecule has 3 rings (SSSR count). The predicted molar refractivity (Wildman–Crippen MR) is 62.2 cm³/mol. The fourth-order valence-electron chi connectivity index (χ4n) is 1.71. The molecule has 2 aromatic rings. The van der Waals surface area contributed by atoms with E-state index in [1.165, 1.54) is 12.8 Å². The molecule has 16 heavy (non-hydrogen) atoms. The molecule has 5 nitrogen and oxygen atoms in total. The van der Waals surface area contributed by atoms with Gasteiger partial charge in [0, 0.05) is 12.6 Å². The highest BCUT2D eigenvalue weighted by atomic mass is 15.1. The maximum atomic E-state index is 4.28. The highest BCUT2D eigenvalue weighted by molar-refractivity contribution is 5.83. The number of nitrogens with zero attached hydrogens (tertiary/aromatic N) is 4. The van der Waals surface area contributed by atoms with E-state index in [-0.39, 0.29) is 0 Å². The van der Waals surface area contributed by atoms with Gasteiger partial charge in [-0.2, -0.15) is 0 Å². The third-order valence-electron chi connectivity index (χ3n) is 2.65. The standard InChI is InChI=1S/C11H13N5/c1-2-5-16-7-14-10-9(16)11(13-6-12-10)15-8-3-4-8/h2,6-8H,1,3-5H2,(H,12,13,15). The lowest BCUT2D eigenvalue weighted by molar-refractivity contribution is 0.849. The molecule has 1 saturated carbocycles. The summed E-state index contributed by atoms with van der Waals surface area (Å²) in [4.78, 5) is 12.7. The van der Waals surface area contributed by atoms with Gasteiger partial charge in [0.1, 0.15) is 11.8 Å². The third-order valence-corrected chi connectivity index (χ3v) is 2.65. The van der Waals surface area contributed by atoms with Crippen LogP contribution in [0.2, 0.25) is 0 Å². The zero-order valence-corrected chi connectivity index (χ0v) is 8.93. The number of rotatable bonds is 4. The zero-order chi connectivity index (χ0) is 11.0. The van der Waals surface area contributed by atoms with Crippen LogP contribution in [-0.4, -0.2) is 25.6 Å². The van der Waals surface area contributed by atoms with E-state index in [0.717, 1.165) is 23.5 Å². The van der Waals surface area contributed by atoms with E-state index < -0.39 is 0 Å². The van der Waals surface area contributed by atoms with Crippen molar-refractivity contribution in [1.82, 2.24) is 19.5 Å². The fourth-order valence-corrected chi connectivity index (χ4v) is 1.71. The van der Waals surface area contributed by atoms with Gasteiger partial charge in [-0.3, -0.25) is 0 Å². The molecule has 5 heteroatoms. The van der Waals surface area contributed by atoms with E-state index in [4.69, 9.17) is 0 Å². The summed E-state index contributed by atoms with van der Waals surface area (Å²) in [6.45, 7) is 4.46. The van der Waals surface area contributed by atoms with Gasteiger partial charge < -0.3 is 9.88 Å². The number of nitrogens with one attached hydrogen (secondary N) is 1. The number of fused-ring (bicyclic) bond motifs is 1. The average Bonchev–Trinajstić information content (AvgIpc) is 3.00. The largest absolute Gasteiger partial charge is 0.365 e. The third kappa shape index (κ3) is 1.54. The van der Waals surface area contributed by atoms with Crippen LogP contribution in [0.25, 0.3) is 11.2 Å². The molecule has 0 atom stereocenters. The summed E-state index contributed by atoms with van der Waals surface area (Å²) in [5.41, 5.74) is 1.70. The minimum absolute atomic E-state index is 0.574. The van der Waals surface area contributed by atoms with Crippen LogP contribution in [0.3, 0.4) is 0 Å². The molecule has 0 spiro atoms. The molecule has 0 amide bonds.